The maximum atomic E-state index is 6.66. The van der Waals surface area contributed by atoms with E-state index in [0.717, 1.165) is 116 Å². The molecule has 0 atom stereocenters. The summed E-state index contributed by atoms with van der Waals surface area (Å²) < 4.78 is 13.3. The molecule has 3 aromatic heterocycles. The maximum absolute atomic E-state index is 6.66. The molecular formula is C61H37N3O2. The van der Waals surface area contributed by atoms with E-state index in [1.807, 2.05) is 48.5 Å². The summed E-state index contributed by atoms with van der Waals surface area (Å²) in [5.74, 6) is 1.52. The first-order chi connectivity index (χ1) is 32.7. The fourth-order valence-corrected chi connectivity index (χ4v) is 9.64. The Bertz CT molecular complexity index is 3850. The largest absolute Gasteiger partial charge is 0.455 e. The van der Waals surface area contributed by atoms with E-state index in [2.05, 4.69) is 176 Å². The Morgan fingerprint density at radius 2 is 0.667 bits per heavy atom. The van der Waals surface area contributed by atoms with E-state index in [9.17, 15) is 0 Å². The Balaban J connectivity index is 1.15. The Hall–Kier alpha value is -8.93. The Morgan fingerprint density at radius 3 is 1.27 bits per heavy atom. The first-order valence-corrected chi connectivity index (χ1v) is 22.2. The summed E-state index contributed by atoms with van der Waals surface area (Å²) in [6.45, 7) is 0. The third-order valence-electron chi connectivity index (χ3n) is 12.8. The van der Waals surface area contributed by atoms with Crippen molar-refractivity contribution in [3.63, 3.8) is 0 Å². The molecule has 13 rings (SSSR count). The number of benzene rings is 10. The van der Waals surface area contributed by atoms with Crippen molar-refractivity contribution in [2.24, 2.45) is 0 Å². The van der Waals surface area contributed by atoms with E-state index in [1.165, 1.54) is 0 Å². The molecule has 0 N–H and O–H groups in total. The quantitative estimate of drug-likeness (QED) is 0.160. The summed E-state index contributed by atoms with van der Waals surface area (Å²) in [4.78, 5) is 16.4. The lowest BCUT2D eigenvalue weighted by atomic mass is 9.85. The molecule has 0 radical (unpaired) electrons. The molecule has 0 amide bonds. The van der Waals surface area contributed by atoms with E-state index in [0.29, 0.717) is 17.5 Å². The Kier molecular flexibility index (Phi) is 8.78. The molecule has 0 aliphatic rings. The van der Waals surface area contributed by atoms with E-state index < -0.39 is 0 Å². The highest BCUT2D eigenvalue weighted by atomic mass is 16.3. The van der Waals surface area contributed by atoms with Gasteiger partial charge in [-0.3, -0.25) is 0 Å². The minimum absolute atomic E-state index is 0.495. The van der Waals surface area contributed by atoms with Gasteiger partial charge in [-0.25, -0.2) is 15.0 Å². The molecule has 0 aliphatic heterocycles. The van der Waals surface area contributed by atoms with Crippen molar-refractivity contribution in [3.05, 3.63) is 224 Å². The molecule has 0 saturated carbocycles. The van der Waals surface area contributed by atoms with Gasteiger partial charge >= 0.3 is 0 Å². The van der Waals surface area contributed by atoms with Crippen molar-refractivity contribution >= 4 is 54.6 Å². The summed E-state index contributed by atoms with van der Waals surface area (Å²) >= 11 is 0. The molecular weight excluding hydrogens is 807 g/mol. The summed E-state index contributed by atoms with van der Waals surface area (Å²) in [7, 11) is 0. The number of rotatable bonds is 7. The van der Waals surface area contributed by atoms with Crippen LogP contribution in [0.2, 0.25) is 0 Å². The van der Waals surface area contributed by atoms with Crippen molar-refractivity contribution in [2.75, 3.05) is 0 Å². The zero-order valence-corrected chi connectivity index (χ0v) is 35.5. The maximum Gasteiger partial charge on any atom is 0.167 e. The molecule has 5 heteroatoms. The van der Waals surface area contributed by atoms with Crippen molar-refractivity contribution in [2.45, 2.75) is 0 Å². The second-order valence-corrected chi connectivity index (χ2v) is 16.6. The third kappa shape index (κ3) is 6.28. The molecule has 0 spiro atoms. The molecule has 0 fully saturated rings. The van der Waals surface area contributed by atoms with Gasteiger partial charge in [0.1, 0.15) is 22.3 Å². The lowest BCUT2D eigenvalue weighted by molar-refractivity contribution is 0.669. The van der Waals surface area contributed by atoms with Gasteiger partial charge in [0.2, 0.25) is 0 Å². The van der Waals surface area contributed by atoms with Crippen LogP contribution in [0.15, 0.2) is 233 Å². The number of aromatic nitrogens is 3. The SMILES string of the molecule is c1ccc(-c2ccc(-c3c(-c4nc(-c5cccc6c5oc5ccccc56)nc(-c5cccc6c5oc5ccccc56)n4)cc(-c4ccccc4)cc3-c3cccc4ccccc34)cc2)cc1. The number of fused-ring (bicyclic) bond motifs is 7. The normalized spacial score (nSPS) is 11.6. The van der Waals surface area contributed by atoms with Gasteiger partial charge in [0.15, 0.2) is 17.5 Å². The molecule has 0 saturated heterocycles. The fourth-order valence-electron chi connectivity index (χ4n) is 9.64. The fraction of sp³-hybridized carbons (Fsp3) is 0. The highest BCUT2D eigenvalue weighted by Crippen LogP contribution is 2.46. The van der Waals surface area contributed by atoms with E-state index >= 15 is 0 Å². The summed E-state index contributed by atoms with van der Waals surface area (Å²) in [6.07, 6.45) is 0. The van der Waals surface area contributed by atoms with Gasteiger partial charge in [0, 0.05) is 32.7 Å². The standard InChI is InChI=1S/C61H37N3O2/c1-3-16-38(17-4-1)40-32-34-42(35-33-40)56-52(45-25-13-21-41-20-7-8-22-44(41)45)36-43(39-18-5-2-6-19-39)37-53(56)61-63-59(50-28-14-26-48-46-23-9-11-30-54(46)65-57(48)50)62-60(64-61)51-29-15-27-49-47-24-10-12-31-55(47)66-58(49)51/h1-37H. The van der Waals surface area contributed by atoms with Gasteiger partial charge in [-0.15, -0.1) is 0 Å². The summed E-state index contributed by atoms with van der Waals surface area (Å²) in [5, 5.41) is 6.38. The molecule has 0 unspecified atom stereocenters. The van der Waals surface area contributed by atoms with E-state index in [1.54, 1.807) is 0 Å². The Morgan fingerprint density at radius 1 is 0.258 bits per heavy atom. The van der Waals surface area contributed by atoms with Gasteiger partial charge < -0.3 is 8.83 Å². The van der Waals surface area contributed by atoms with E-state index in [4.69, 9.17) is 23.8 Å². The van der Waals surface area contributed by atoms with Crippen LogP contribution >= 0.6 is 0 Å². The number of nitrogens with zero attached hydrogens (tertiary/aromatic N) is 3. The highest BCUT2D eigenvalue weighted by molar-refractivity contribution is 6.11. The monoisotopic (exact) mass is 843 g/mol. The van der Waals surface area contributed by atoms with Crippen LogP contribution in [0.4, 0.5) is 0 Å². The lowest BCUT2D eigenvalue weighted by Crippen LogP contribution is -2.03. The van der Waals surface area contributed by atoms with Crippen LogP contribution in [-0.2, 0) is 0 Å². The van der Waals surface area contributed by atoms with Gasteiger partial charge in [-0.1, -0.05) is 188 Å². The molecule has 3 heterocycles. The molecule has 308 valence electrons. The van der Waals surface area contributed by atoms with Gasteiger partial charge in [-0.05, 0) is 86.1 Å². The molecule has 10 aromatic carbocycles. The number of furan rings is 2. The minimum atomic E-state index is 0.495. The lowest BCUT2D eigenvalue weighted by Gasteiger charge is -2.20. The van der Waals surface area contributed by atoms with Crippen LogP contribution in [0.5, 0.6) is 0 Å². The zero-order chi connectivity index (χ0) is 43.6. The van der Waals surface area contributed by atoms with Crippen LogP contribution < -0.4 is 0 Å². The first kappa shape index (κ1) is 37.6. The number of hydrogen-bond acceptors (Lipinski definition) is 5. The summed E-state index contributed by atoms with van der Waals surface area (Å²) in [5.41, 5.74) is 14.1. The molecule has 5 nitrogen and oxygen atoms in total. The molecule has 0 bridgehead atoms. The van der Waals surface area contributed by atoms with Crippen LogP contribution in [-0.4, -0.2) is 15.0 Å². The molecule has 0 aliphatic carbocycles. The number of para-hydroxylation sites is 4. The van der Waals surface area contributed by atoms with Crippen LogP contribution in [0.1, 0.15) is 0 Å². The number of hydrogen-bond donors (Lipinski definition) is 0. The third-order valence-corrected chi connectivity index (χ3v) is 12.8. The predicted molar refractivity (Wildman–Crippen MR) is 270 cm³/mol. The predicted octanol–water partition coefficient (Wildman–Crippen LogP) is 16.5. The van der Waals surface area contributed by atoms with Crippen LogP contribution in [0.3, 0.4) is 0 Å². The second kappa shape index (κ2) is 15.4. The average molecular weight is 844 g/mol. The van der Waals surface area contributed by atoms with Crippen molar-refractivity contribution in [3.8, 4) is 78.7 Å². The summed E-state index contributed by atoms with van der Waals surface area (Å²) in [6, 6.07) is 78.3. The Labute approximate surface area is 379 Å². The van der Waals surface area contributed by atoms with Crippen molar-refractivity contribution in [1.29, 1.82) is 0 Å². The average Bonchev–Trinajstić information content (AvgIpc) is 3.97. The molecule has 66 heavy (non-hydrogen) atoms. The highest BCUT2D eigenvalue weighted by Gasteiger charge is 2.25. The van der Waals surface area contributed by atoms with Gasteiger partial charge in [0.25, 0.3) is 0 Å². The topological polar surface area (TPSA) is 65.0 Å². The van der Waals surface area contributed by atoms with Crippen molar-refractivity contribution < 1.29 is 8.83 Å². The minimum Gasteiger partial charge on any atom is -0.455 e. The van der Waals surface area contributed by atoms with E-state index in [-0.39, 0.29) is 0 Å². The smallest absolute Gasteiger partial charge is 0.167 e. The first-order valence-electron chi connectivity index (χ1n) is 22.2. The van der Waals surface area contributed by atoms with Gasteiger partial charge in [0.05, 0.1) is 11.1 Å². The molecule has 13 aromatic rings. The van der Waals surface area contributed by atoms with Gasteiger partial charge in [-0.2, -0.15) is 0 Å². The second-order valence-electron chi connectivity index (χ2n) is 16.6. The van der Waals surface area contributed by atoms with Crippen LogP contribution in [0.25, 0.3) is 133 Å². The van der Waals surface area contributed by atoms with Crippen molar-refractivity contribution in [1.82, 2.24) is 15.0 Å². The van der Waals surface area contributed by atoms with Crippen LogP contribution in [0, 0.1) is 0 Å². The zero-order valence-electron chi connectivity index (χ0n) is 35.5.